The largest absolute Gasteiger partial charge is 0.396 e. The summed E-state index contributed by atoms with van der Waals surface area (Å²) >= 11 is 0. The van der Waals surface area contributed by atoms with Gasteiger partial charge in [0.15, 0.2) is 0 Å². The lowest BCUT2D eigenvalue weighted by molar-refractivity contribution is 0.0914. The number of aromatic nitrogens is 2. The second-order valence-corrected chi connectivity index (χ2v) is 5.84. The molecule has 0 saturated heterocycles. The number of carbonyl (C=O) groups excluding carboxylic acids is 1. The lowest BCUT2D eigenvalue weighted by Gasteiger charge is -2.28. The van der Waals surface area contributed by atoms with E-state index in [-0.39, 0.29) is 18.6 Å². The molecule has 2 aromatic rings. The number of amides is 1. The molecule has 2 N–H and O–H groups in total. The van der Waals surface area contributed by atoms with Crippen LogP contribution in [0.5, 0.6) is 0 Å². The molecular formula is C17H21N3O2. The summed E-state index contributed by atoms with van der Waals surface area (Å²) in [5.41, 5.74) is 1.42. The van der Waals surface area contributed by atoms with E-state index in [4.69, 9.17) is 0 Å². The maximum Gasteiger partial charge on any atom is 0.253 e. The van der Waals surface area contributed by atoms with Crippen molar-refractivity contribution in [2.24, 2.45) is 5.92 Å². The van der Waals surface area contributed by atoms with Gasteiger partial charge in [-0.3, -0.25) is 4.79 Å². The fraction of sp³-hybridized carbons (Fsp3) is 0.412. The molecule has 1 aromatic heterocycles. The number of benzene rings is 1. The van der Waals surface area contributed by atoms with E-state index in [0.29, 0.717) is 11.5 Å². The van der Waals surface area contributed by atoms with Crippen LogP contribution in [-0.4, -0.2) is 33.4 Å². The summed E-state index contributed by atoms with van der Waals surface area (Å²) < 4.78 is 1.71. The molecule has 1 saturated carbocycles. The van der Waals surface area contributed by atoms with Crippen molar-refractivity contribution in [1.82, 2.24) is 15.1 Å². The van der Waals surface area contributed by atoms with E-state index in [0.717, 1.165) is 31.4 Å². The first kappa shape index (κ1) is 14.8. The van der Waals surface area contributed by atoms with Crippen LogP contribution in [0.1, 0.15) is 36.0 Å². The van der Waals surface area contributed by atoms with Crippen molar-refractivity contribution in [3.8, 4) is 5.69 Å². The molecule has 5 heteroatoms. The molecule has 1 heterocycles. The van der Waals surface area contributed by atoms with Gasteiger partial charge in [-0.05, 0) is 49.8 Å². The van der Waals surface area contributed by atoms with Crippen LogP contribution >= 0.6 is 0 Å². The van der Waals surface area contributed by atoms with Crippen LogP contribution < -0.4 is 5.32 Å². The van der Waals surface area contributed by atoms with Crippen LogP contribution in [0.2, 0.25) is 0 Å². The van der Waals surface area contributed by atoms with Crippen molar-refractivity contribution in [3.05, 3.63) is 48.3 Å². The second kappa shape index (κ2) is 6.75. The van der Waals surface area contributed by atoms with E-state index in [2.05, 4.69) is 10.4 Å². The summed E-state index contributed by atoms with van der Waals surface area (Å²) in [5, 5.41) is 16.5. The van der Waals surface area contributed by atoms with Gasteiger partial charge in [0.25, 0.3) is 5.91 Å². The molecule has 0 bridgehead atoms. The van der Waals surface area contributed by atoms with Gasteiger partial charge in [0.05, 0.1) is 11.3 Å². The van der Waals surface area contributed by atoms with Crippen LogP contribution in [0.4, 0.5) is 0 Å². The number of hydrogen-bond acceptors (Lipinski definition) is 3. The monoisotopic (exact) mass is 299 g/mol. The standard InChI is InChI=1S/C17H21N3O2/c21-12-13-6-8-14(9-7-13)19-17(22)15-4-1-2-5-16(15)20-11-3-10-18-20/h1-5,10-11,13-14,21H,6-9,12H2,(H,19,22). The Balaban J connectivity index is 1.71. The smallest absolute Gasteiger partial charge is 0.253 e. The van der Waals surface area contributed by atoms with Crippen molar-refractivity contribution in [2.75, 3.05) is 6.61 Å². The number of rotatable bonds is 4. The van der Waals surface area contributed by atoms with Crippen LogP contribution in [0.15, 0.2) is 42.7 Å². The number of nitrogens with one attached hydrogen (secondary N) is 1. The highest BCUT2D eigenvalue weighted by Crippen LogP contribution is 2.24. The fourth-order valence-electron chi connectivity index (χ4n) is 3.03. The van der Waals surface area contributed by atoms with Gasteiger partial charge >= 0.3 is 0 Å². The molecule has 0 atom stereocenters. The number of hydrogen-bond donors (Lipinski definition) is 2. The van der Waals surface area contributed by atoms with Gasteiger partial charge in [-0.15, -0.1) is 0 Å². The zero-order valence-corrected chi connectivity index (χ0v) is 12.5. The summed E-state index contributed by atoms with van der Waals surface area (Å²) in [6, 6.07) is 9.52. The minimum absolute atomic E-state index is 0.0569. The zero-order valence-electron chi connectivity index (χ0n) is 12.5. The first-order valence-corrected chi connectivity index (χ1v) is 7.78. The Morgan fingerprint density at radius 1 is 1.23 bits per heavy atom. The summed E-state index contributed by atoms with van der Waals surface area (Å²) in [6.07, 6.45) is 7.34. The minimum Gasteiger partial charge on any atom is -0.396 e. The van der Waals surface area contributed by atoms with E-state index in [9.17, 15) is 9.90 Å². The molecule has 1 aromatic carbocycles. The van der Waals surface area contributed by atoms with Gasteiger partial charge in [-0.2, -0.15) is 5.10 Å². The third-order valence-electron chi connectivity index (χ3n) is 4.34. The van der Waals surface area contributed by atoms with E-state index in [1.807, 2.05) is 36.5 Å². The fourth-order valence-corrected chi connectivity index (χ4v) is 3.03. The molecule has 22 heavy (non-hydrogen) atoms. The molecule has 0 spiro atoms. The normalized spacial score (nSPS) is 21.5. The van der Waals surface area contributed by atoms with Crippen molar-refractivity contribution >= 4 is 5.91 Å². The SMILES string of the molecule is O=C(NC1CCC(CO)CC1)c1ccccc1-n1cccn1. The second-order valence-electron chi connectivity index (χ2n) is 5.84. The van der Waals surface area contributed by atoms with Crippen LogP contribution in [-0.2, 0) is 0 Å². The highest BCUT2D eigenvalue weighted by Gasteiger charge is 2.23. The molecule has 1 aliphatic rings. The van der Waals surface area contributed by atoms with Gasteiger partial charge in [0.2, 0.25) is 0 Å². The lowest BCUT2D eigenvalue weighted by atomic mass is 9.86. The van der Waals surface area contributed by atoms with E-state index < -0.39 is 0 Å². The molecule has 116 valence electrons. The number of aliphatic hydroxyl groups excluding tert-OH is 1. The molecule has 0 unspecified atom stereocenters. The number of para-hydroxylation sites is 1. The van der Waals surface area contributed by atoms with Gasteiger partial charge < -0.3 is 10.4 Å². The number of carbonyl (C=O) groups is 1. The third kappa shape index (κ3) is 3.20. The predicted molar refractivity (Wildman–Crippen MR) is 83.9 cm³/mol. The predicted octanol–water partition coefficient (Wildman–Crippen LogP) is 2.15. The third-order valence-corrected chi connectivity index (χ3v) is 4.34. The molecule has 3 rings (SSSR count). The molecule has 1 aliphatic carbocycles. The van der Waals surface area contributed by atoms with Crippen LogP contribution in [0.25, 0.3) is 5.69 Å². The van der Waals surface area contributed by atoms with Crippen molar-refractivity contribution < 1.29 is 9.90 Å². The molecule has 1 fully saturated rings. The Morgan fingerprint density at radius 3 is 2.68 bits per heavy atom. The van der Waals surface area contributed by atoms with Crippen molar-refractivity contribution in [3.63, 3.8) is 0 Å². The highest BCUT2D eigenvalue weighted by atomic mass is 16.3. The molecular weight excluding hydrogens is 278 g/mol. The Bertz CT molecular complexity index is 617. The maximum absolute atomic E-state index is 12.6. The first-order valence-electron chi connectivity index (χ1n) is 7.78. The Hall–Kier alpha value is -2.14. The molecule has 0 radical (unpaired) electrons. The summed E-state index contributed by atoms with van der Waals surface area (Å²) in [7, 11) is 0. The Labute approximate surface area is 130 Å². The quantitative estimate of drug-likeness (QED) is 0.909. The summed E-state index contributed by atoms with van der Waals surface area (Å²) in [6.45, 7) is 0.253. The van der Waals surface area contributed by atoms with Crippen LogP contribution in [0.3, 0.4) is 0 Å². The minimum atomic E-state index is -0.0569. The maximum atomic E-state index is 12.6. The van der Waals surface area contributed by atoms with E-state index in [1.54, 1.807) is 10.9 Å². The zero-order chi connectivity index (χ0) is 15.4. The number of aliphatic hydroxyl groups is 1. The number of nitrogens with zero attached hydrogens (tertiary/aromatic N) is 2. The molecule has 0 aliphatic heterocycles. The summed E-state index contributed by atoms with van der Waals surface area (Å²) in [5.74, 6) is 0.336. The highest BCUT2D eigenvalue weighted by molar-refractivity contribution is 5.97. The van der Waals surface area contributed by atoms with Crippen LogP contribution in [0, 0.1) is 5.92 Å². The van der Waals surface area contributed by atoms with Gasteiger partial charge in [0, 0.05) is 25.0 Å². The average molecular weight is 299 g/mol. The average Bonchev–Trinajstić information content (AvgIpc) is 3.10. The van der Waals surface area contributed by atoms with Crippen molar-refractivity contribution in [1.29, 1.82) is 0 Å². The first-order chi connectivity index (χ1) is 10.8. The Morgan fingerprint density at radius 2 is 2.00 bits per heavy atom. The molecule has 1 amide bonds. The van der Waals surface area contributed by atoms with E-state index in [1.165, 1.54) is 0 Å². The van der Waals surface area contributed by atoms with Gasteiger partial charge in [-0.1, -0.05) is 12.1 Å². The lowest BCUT2D eigenvalue weighted by Crippen LogP contribution is -2.38. The van der Waals surface area contributed by atoms with Gasteiger partial charge in [-0.25, -0.2) is 4.68 Å². The topological polar surface area (TPSA) is 67.2 Å². The summed E-state index contributed by atoms with van der Waals surface area (Å²) in [4.78, 5) is 12.6. The molecule has 5 nitrogen and oxygen atoms in total. The van der Waals surface area contributed by atoms with Gasteiger partial charge in [0.1, 0.15) is 0 Å². The van der Waals surface area contributed by atoms with Crippen molar-refractivity contribution in [2.45, 2.75) is 31.7 Å². The Kier molecular flexibility index (Phi) is 4.53. The van der Waals surface area contributed by atoms with E-state index >= 15 is 0 Å².